The van der Waals surface area contributed by atoms with E-state index in [2.05, 4.69) is 79.4 Å². The van der Waals surface area contributed by atoms with Crippen LogP contribution in [0.4, 0.5) is 0 Å². The van der Waals surface area contributed by atoms with E-state index >= 15 is 0 Å². The van der Waals surface area contributed by atoms with E-state index in [1.165, 1.54) is 5.57 Å². The Labute approximate surface area is 239 Å². The molecule has 39 heavy (non-hydrogen) atoms. The summed E-state index contributed by atoms with van der Waals surface area (Å²) in [5.41, 5.74) is 0.763. The zero-order valence-corrected chi connectivity index (χ0v) is 27.0. The molecule has 1 aliphatic heterocycles. The number of ether oxygens (including phenoxy) is 2. The lowest BCUT2D eigenvalue weighted by molar-refractivity contribution is -0.177. The highest BCUT2D eigenvalue weighted by Crippen LogP contribution is 2.46. The summed E-state index contributed by atoms with van der Waals surface area (Å²) >= 11 is 0. The third-order valence-electron chi connectivity index (χ3n) is 9.68. The second-order valence-electron chi connectivity index (χ2n) is 13.6. The van der Waals surface area contributed by atoms with E-state index in [1.54, 1.807) is 0 Å². The topological polar surface area (TPSA) is 61.8 Å². The number of allylic oxidation sites excluding steroid dienone is 4. The molecule has 0 bridgehead atoms. The average Bonchev–Trinajstić information content (AvgIpc) is 2.87. The van der Waals surface area contributed by atoms with E-state index in [-0.39, 0.29) is 41.4 Å². The number of hydrogen-bond acceptors (Lipinski definition) is 5. The van der Waals surface area contributed by atoms with Gasteiger partial charge in [-0.3, -0.25) is 4.79 Å². The number of fused-ring (bicyclic) bond motifs is 1. The first-order valence-electron chi connectivity index (χ1n) is 15.4. The van der Waals surface area contributed by atoms with Gasteiger partial charge < -0.3 is 13.9 Å². The Morgan fingerprint density at radius 1 is 1.21 bits per heavy atom. The van der Waals surface area contributed by atoms with Crippen molar-refractivity contribution in [2.24, 2.45) is 34.5 Å². The molecule has 0 saturated carbocycles. The highest BCUT2D eigenvalue weighted by molar-refractivity contribution is 6.48. The van der Waals surface area contributed by atoms with Crippen molar-refractivity contribution in [2.75, 3.05) is 0 Å². The van der Waals surface area contributed by atoms with Crippen molar-refractivity contribution < 1.29 is 23.5 Å². The van der Waals surface area contributed by atoms with Gasteiger partial charge in [0.05, 0.1) is 5.41 Å². The molecule has 3 rings (SSSR count). The Balaban J connectivity index is 1.77. The minimum atomic E-state index is -1.38. The predicted molar refractivity (Wildman–Crippen MR) is 161 cm³/mol. The first-order valence-corrected chi connectivity index (χ1v) is 18.2. The molecule has 2 aliphatic carbocycles. The maximum Gasteiger partial charge on any atom is 0.334 e. The molecule has 0 aromatic carbocycles. The fraction of sp³-hybridized carbons (Fsp3) is 0.758. The molecular weight excluding hydrogens is 504 g/mol. The number of hydrogen-bond donors (Lipinski definition) is 0. The SMILES string of the molecule is C=CCC(CC)(CC)C(=O)O[C@H]1CCC=C2C=C[C@H](C)[C@H](CC[C@@H]3C[C@H](C(C)(C)C)C(O[SiH](C)C)C(=O)O3)[C@H]21. The number of carbonyl (C=O) groups excluding carboxylic acids is 2. The normalized spacial score (nSPS) is 31.4. The van der Waals surface area contributed by atoms with Crippen molar-refractivity contribution in [3.8, 4) is 0 Å². The van der Waals surface area contributed by atoms with Crippen LogP contribution in [0.2, 0.25) is 13.1 Å². The molecule has 0 aromatic heterocycles. The Kier molecular flexibility index (Phi) is 10.9. The van der Waals surface area contributed by atoms with Gasteiger partial charge in [0, 0.05) is 11.8 Å². The van der Waals surface area contributed by atoms with Crippen LogP contribution in [0.25, 0.3) is 0 Å². The second kappa shape index (κ2) is 13.3. The Morgan fingerprint density at radius 3 is 2.49 bits per heavy atom. The van der Waals surface area contributed by atoms with Crippen LogP contribution in [-0.4, -0.2) is 39.3 Å². The first-order chi connectivity index (χ1) is 18.4. The molecule has 0 radical (unpaired) electrons. The van der Waals surface area contributed by atoms with Crippen molar-refractivity contribution in [3.63, 3.8) is 0 Å². The molecule has 0 spiro atoms. The summed E-state index contributed by atoms with van der Waals surface area (Å²) in [6, 6.07) is 0. The van der Waals surface area contributed by atoms with Crippen LogP contribution in [0, 0.1) is 34.5 Å². The summed E-state index contributed by atoms with van der Waals surface area (Å²) in [7, 11) is -1.38. The Hall–Kier alpha value is -1.66. The highest BCUT2D eigenvalue weighted by atomic mass is 28.3. The molecule has 7 atom stereocenters. The second-order valence-corrected chi connectivity index (χ2v) is 15.9. The van der Waals surface area contributed by atoms with Gasteiger partial charge in [-0.25, -0.2) is 4.79 Å². The minimum Gasteiger partial charge on any atom is -0.461 e. The molecule has 220 valence electrons. The largest absolute Gasteiger partial charge is 0.461 e. The number of cyclic esters (lactones) is 1. The van der Waals surface area contributed by atoms with Crippen molar-refractivity contribution in [1.82, 2.24) is 0 Å². The molecule has 0 N–H and O–H groups in total. The van der Waals surface area contributed by atoms with Gasteiger partial charge in [0.1, 0.15) is 18.3 Å². The van der Waals surface area contributed by atoms with Gasteiger partial charge in [0.25, 0.3) is 0 Å². The smallest absolute Gasteiger partial charge is 0.334 e. The monoisotopic (exact) mass is 558 g/mol. The van der Waals surface area contributed by atoms with E-state index < -0.39 is 20.6 Å². The van der Waals surface area contributed by atoms with Crippen LogP contribution < -0.4 is 0 Å². The van der Waals surface area contributed by atoms with E-state index in [9.17, 15) is 9.59 Å². The maximum absolute atomic E-state index is 13.6. The van der Waals surface area contributed by atoms with Crippen LogP contribution in [0.3, 0.4) is 0 Å². The summed E-state index contributed by atoms with van der Waals surface area (Å²) in [6.45, 7) is 21.2. The van der Waals surface area contributed by atoms with E-state index in [4.69, 9.17) is 13.9 Å². The fourth-order valence-corrected chi connectivity index (χ4v) is 7.95. The lowest BCUT2D eigenvalue weighted by atomic mass is 9.66. The van der Waals surface area contributed by atoms with Gasteiger partial charge in [-0.05, 0) is 87.3 Å². The summed E-state index contributed by atoms with van der Waals surface area (Å²) in [5, 5.41) is 0. The molecule has 6 heteroatoms. The van der Waals surface area contributed by atoms with Crippen molar-refractivity contribution >= 4 is 21.0 Å². The highest BCUT2D eigenvalue weighted by Gasteiger charge is 2.47. The molecule has 5 nitrogen and oxygen atoms in total. The molecule has 1 saturated heterocycles. The quantitative estimate of drug-likeness (QED) is 0.149. The lowest BCUT2D eigenvalue weighted by Gasteiger charge is -2.45. The van der Waals surface area contributed by atoms with Crippen LogP contribution in [0.5, 0.6) is 0 Å². The maximum atomic E-state index is 13.6. The molecular formula is C33H54O5Si. The van der Waals surface area contributed by atoms with Gasteiger partial charge in [0.2, 0.25) is 0 Å². The zero-order chi connectivity index (χ0) is 29.0. The molecule has 3 aliphatic rings. The number of esters is 2. The van der Waals surface area contributed by atoms with E-state index in [1.807, 2.05) is 6.08 Å². The van der Waals surface area contributed by atoms with Gasteiger partial charge in [-0.1, -0.05) is 65.8 Å². The molecule has 0 amide bonds. The summed E-state index contributed by atoms with van der Waals surface area (Å²) in [4.78, 5) is 26.7. The third kappa shape index (κ3) is 7.35. The van der Waals surface area contributed by atoms with Gasteiger partial charge in [0.15, 0.2) is 9.04 Å². The van der Waals surface area contributed by atoms with Crippen molar-refractivity contribution in [3.05, 3.63) is 36.5 Å². The number of rotatable bonds is 11. The Bertz CT molecular complexity index is 925. The summed E-state index contributed by atoms with van der Waals surface area (Å²) < 4.78 is 18.6. The summed E-state index contributed by atoms with van der Waals surface area (Å²) in [5.74, 6) is 0.754. The fourth-order valence-electron chi connectivity index (χ4n) is 7.06. The van der Waals surface area contributed by atoms with Gasteiger partial charge in [-0.15, -0.1) is 6.58 Å². The predicted octanol–water partition coefficient (Wildman–Crippen LogP) is 7.57. The lowest BCUT2D eigenvalue weighted by Crippen LogP contribution is -2.50. The van der Waals surface area contributed by atoms with Crippen LogP contribution >= 0.6 is 0 Å². The first kappa shape index (κ1) is 31.9. The minimum absolute atomic E-state index is 0.0401. The molecule has 1 fully saturated rings. The van der Waals surface area contributed by atoms with Crippen LogP contribution in [0.1, 0.15) is 92.9 Å². The molecule has 1 unspecified atom stereocenters. The van der Waals surface area contributed by atoms with Gasteiger partial charge >= 0.3 is 11.9 Å². The standard InChI is InChI=1S/C33H54O5Si/c1-10-20-33(11-2,12-3)31(35)37-27-15-13-14-23-17-16-22(4)25(28(23)27)19-18-24-21-26(32(5,6)7)29(30(34)36-24)38-39(8)9/h10,14,16-17,22,24-29,39H,1,11-13,15,18-21H2,2-9H3/t22-,24+,25-,26-,27-,28-,29?/m0/s1. The Morgan fingerprint density at radius 2 is 1.90 bits per heavy atom. The third-order valence-corrected chi connectivity index (χ3v) is 10.5. The van der Waals surface area contributed by atoms with Gasteiger partial charge in [-0.2, -0.15) is 0 Å². The average molecular weight is 559 g/mol. The molecule has 0 aromatic rings. The van der Waals surface area contributed by atoms with Crippen molar-refractivity contribution in [2.45, 2.75) is 124 Å². The molecule has 1 heterocycles. The number of carbonyl (C=O) groups is 2. The summed E-state index contributed by atoms with van der Waals surface area (Å²) in [6.07, 6.45) is 14.6. The van der Waals surface area contributed by atoms with Crippen LogP contribution in [-0.2, 0) is 23.5 Å². The van der Waals surface area contributed by atoms with Crippen LogP contribution in [0.15, 0.2) is 36.5 Å². The van der Waals surface area contributed by atoms with E-state index in [0.717, 1.165) is 44.9 Å². The van der Waals surface area contributed by atoms with Crippen molar-refractivity contribution in [1.29, 1.82) is 0 Å². The zero-order valence-electron chi connectivity index (χ0n) is 25.8. The van der Waals surface area contributed by atoms with E-state index in [0.29, 0.717) is 18.3 Å².